The molecule has 0 saturated carbocycles. The Morgan fingerprint density at radius 2 is 1.33 bits per heavy atom. The molecule has 0 aromatic heterocycles. The number of fused-ring (bicyclic) bond motifs is 1. The molecular formula is C37H41NO13. The van der Waals surface area contributed by atoms with Crippen molar-refractivity contribution in [1.82, 2.24) is 0 Å². The van der Waals surface area contributed by atoms with Crippen LogP contribution in [0.5, 0.6) is 5.75 Å². The number of benzene rings is 3. The standard InChI is InChI=1S/C37H41NO13/c1-21(27-12-13-29-18-30(46-6)15-14-28(29)17-27)37(45)47-20-33(49-23(3)40)35(51-25(5)42)34(50-24(4)41)32(48-22(2)39)19-38-31(36(43)44)16-26-10-8-7-9-11-26/h7-15,17-19,21,31-35H,16,20H2,1-6H3,(H,43,44)/t21?,31-,32?,33?,34?,35?/m0/s1. The number of carboxylic acids is 1. The van der Waals surface area contributed by atoms with Gasteiger partial charge in [-0.25, -0.2) is 4.79 Å². The second-order valence-electron chi connectivity index (χ2n) is 11.5. The minimum absolute atomic E-state index is 0.0410. The number of carboxylic acid groups (broad SMARTS) is 1. The molecule has 1 N–H and O–H groups in total. The Morgan fingerprint density at radius 3 is 1.92 bits per heavy atom. The molecule has 0 saturated heterocycles. The van der Waals surface area contributed by atoms with Gasteiger partial charge in [0.15, 0.2) is 30.5 Å². The molecule has 6 atom stereocenters. The summed E-state index contributed by atoms with van der Waals surface area (Å²) in [6.45, 7) is 5.08. The Labute approximate surface area is 294 Å². The maximum absolute atomic E-state index is 13.3. The fourth-order valence-electron chi connectivity index (χ4n) is 5.14. The molecule has 0 spiro atoms. The van der Waals surface area contributed by atoms with Gasteiger partial charge in [0.25, 0.3) is 0 Å². The van der Waals surface area contributed by atoms with E-state index in [0.29, 0.717) is 16.9 Å². The van der Waals surface area contributed by atoms with Crippen LogP contribution in [-0.4, -0.2) is 91.3 Å². The highest BCUT2D eigenvalue weighted by Crippen LogP contribution is 2.27. The molecule has 14 heteroatoms. The summed E-state index contributed by atoms with van der Waals surface area (Å²) in [5.74, 6) is -5.78. The second kappa shape index (κ2) is 18.8. The minimum atomic E-state index is -1.75. The molecule has 0 aliphatic rings. The van der Waals surface area contributed by atoms with Crippen molar-refractivity contribution in [1.29, 1.82) is 0 Å². The highest BCUT2D eigenvalue weighted by Gasteiger charge is 2.44. The number of hydrogen-bond acceptors (Lipinski definition) is 13. The van der Waals surface area contributed by atoms with E-state index in [2.05, 4.69) is 4.99 Å². The highest BCUT2D eigenvalue weighted by molar-refractivity contribution is 5.87. The quantitative estimate of drug-likeness (QED) is 0.121. The van der Waals surface area contributed by atoms with E-state index in [1.54, 1.807) is 56.5 Å². The topological polar surface area (TPSA) is 190 Å². The first-order chi connectivity index (χ1) is 24.2. The Kier molecular flexibility index (Phi) is 14.6. The van der Waals surface area contributed by atoms with E-state index in [1.807, 2.05) is 24.3 Å². The number of hydrogen-bond donors (Lipinski definition) is 1. The number of methoxy groups -OCH3 is 1. The van der Waals surface area contributed by atoms with Crippen molar-refractivity contribution >= 4 is 52.8 Å². The van der Waals surface area contributed by atoms with Gasteiger partial charge in [0, 0.05) is 40.3 Å². The number of carbonyl (C=O) groups excluding carboxylic acids is 5. The van der Waals surface area contributed by atoms with Gasteiger partial charge < -0.3 is 33.5 Å². The molecule has 51 heavy (non-hydrogen) atoms. The van der Waals surface area contributed by atoms with Crippen molar-refractivity contribution in [2.45, 2.75) is 77.4 Å². The van der Waals surface area contributed by atoms with Crippen molar-refractivity contribution < 1.29 is 62.3 Å². The van der Waals surface area contributed by atoms with Crippen molar-refractivity contribution in [2.75, 3.05) is 13.7 Å². The molecule has 272 valence electrons. The number of ether oxygens (including phenoxy) is 6. The van der Waals surface area contributed by atoms with Gasteiger partial charge in [-0.15, -0.1) is 0 Å². The van der Waals surface area contributed by atoms with Gasteiger partial charge in [0.05, 0.1) is 13.0 Å². The average Bonchev–Trinajstić information content (AvgIpc) is 3.08. The first-order valence-electron chi connectivity index (χ1n) is 15.9. The Bertz CT molecular complexity index is 1740. The summed E-state index contributed by atoms with van der Waals surface area (Å²) in [5.41, 5.74) is 1.26. The predicted molar refractivity (Wildman–Crippen MR) is 182 cm³/mol. The molecule has 0 fully saturated rings. The third-order valence-electron chi connectivity index (χ3n) is 7.52. The lowest BCUT2D eigenvalue weighted by Crippen LogP contribution is -2.53. The molecule has 0 heterocycles. The zero-order valence-corrected chi connectivity index (χ0v) is 29.1. The lowest BCUT2D eigenvalue weighted by atomic mass is 9.97. The maximum Gasteiger partial charge on any atom is 0.328 e. The maximum atomic E-state index is 13.3. The Morgan fingerprint density at radius 1 is 0.745 bits per heavy atom. The van der Waals surface area contributed by atoms with E-state index in [0.717, 1.165) is 44.7 Å². The smallest absolute Gasteiger partial charge is 0.328 e. The number of nitrogens with zero attached hydrogens (tertiary/aromatic N) is 1. The number of aliphatic imine (C=N–C) groups is 1. The summed E-state index contributed by atoms with van der Waals surface area (Å²) in [6.07, 6.45) is -5.83. The van der Waals surface area contributed by atoms with Crippen molar-refractivity contribution in [3.63, 3.8) is 0 Å². The van der Waals surface area contributed by atoms with Crippen LogP contribution in [0.4, 0.5) is 0 Å². The summed E-state index contributed by atoms with van der Waals surface area (Å²) < 4.78 is 32.5. The molecule has 3 aromatic rings. The SMILES string of the molecule is COc1ccc2cc(C(C)C(=O)OCC(OC(C)=O)C(OC(C)=O)C(OC(C)=O)C(C=N[C@@H](Cc3ccccc3)C(=O)O)OC(C)=O)ccc2c1. The van der Waals surface area contributed by atoms with E-state index in [-0.39, 0.29) is 6.42 Å². The lowest BCUT2D eigenvalue weighted by molar-refractivity contribution is -0.198. The van der Waals surface area contributed by atoms with Crippen molar-refractivity contribution in [3.05, 3.63) is 77.9 Å². The van der Waals surface area contributed by atoms with Gasteiger partial charge in [-0.2, -0.15) is 0 Å². The molecule has 5 unspecified atom stereocenters. The Balaban J connectivity index is 1.95. The van der Waals surface area contributed by atoms with Gasteiger partial charge in [0.1, 0.15) is 12.4 Å². The molecule has 0 bridgehead atoms. The molecule has 0 amide bonds. The zero-order chi connectivity index (χ0) is 37.7. The van der Waals surface area contributed by atoms with E-state index in [9.17, 15) is 33.9 Å². The second-order valence-corrected chi connectivity index (χ2v) is 11.5. The van der Waals surface area contributed by atoms with Crippen LogP contribution in [0, 0.1) is 0 Å². The van der Waals surface area contributed by atoms with Gasteiger partial charge in [0.2, 0.25) is 0 Å². The minimum Gasteiger partial charge on any atom is -0.497 e. The highest BCUT2D eigenvalue weighted by atomic mass is 16.6. The van der Waals surface area contributed by atoms with E-state index in [4.69, 9.17) is 28.4 Å². The van der Waals surface area contributed by atoms with Crippen LogP contribution in [0.3, 0.4) is 0 Å². The average molecular weight is 708 g/mol. The van der Waals surface area contributed by atoms with E-state index >= 15 is 0 Å². The molecule has 14 nitrogen and oxygen atoms in total. The molecule has 0 aliphatic carbocycles. The van der Waals surface area contributed by atoms with Gasteiger partial charge in [-0.3, -0.25) is 29.0 Å². The van der Waals surface area contributed by atoms with Crippen LogP contribution in [0.1, 0.15) is 51.7 Å². The zero-order valence-electron chi connectivity index (χ0n) is 29.1. The number of aliphatic carboxylic acids is 1. The fraction of sp³-hybridized carbons (Fsp3) is 0.378. The third kappa shape index (κ3) is 12.2. The van der Waals surface area contributed by atoms with Crippen LogP contribution in [0.15, 0.2) is 71.7 Å². The first-order valence-corrected chi connectivity index (χ1v) is 15.9. The number of esters is 5. The third-order valence-corrected chi connectivity index (χ3v) is 7.52. The van der Waals surface area contributed by atoms with Crippen LogP contribution in [-0.2, 0) is 58.9 Å². The molecule has 0 aliphatic heterocycles. The monoisotopic (exact) mass is 707 g/mol. The van der Waals surface area contributed by atoms with Crippen molar-refractivity contribution in [2.24, 2.45) is 4.99 Å². The summed E-state index contributed by atoms with van der Waals surface area (Å²) in [6, 6.07) is 18.1. The lowest BCUT2D eigenvalue weighted by Gasteiger charge is -2.34. The van der Waals surface area contributed by atoms with Crippen LogP contribution in [0.25, 0.3) is 10.8 Å². The van der Waals surface area contributed by atoms with Crippen LogP contribution < -0.4 is 4.74 Å². The Hall–Kier alpha value is -5.79. The number of carbonyl (C=O) groups is 6. The molecule has 0 radical (unpaired) electrons. The van der Waals surface area contributed by atoms with Gasteiger partial charge in [-0.05, 0) is 41.0 Å². The molecule has 3 aromatic carbocycles. The summed E-state index contributed by atoms with van der Waals surface area (Å²) >= 11 is 0. The summed E-state index contributed by atoms with van der Waals surface area (Å²) in [4.78, 5) is 78.8. The van der Waals surface area contributed by atoms with Gasteiger partial charge in [-0.1, -0.05) is 54.6 Å². The van der Waals surface area contributed by atoms with Crippen LogP contribution >= 0.6 is 0 Å². The molecular weight excluding hydrogens is 666 g/mol. The van der Waals surface area contributed by atoms with E-state index in [1.165, 1.54) is 0 Å². The summed E-state index contributed by atoms with van der Waals surface area (Å²) in [5, 5.41) is 11.6. The van der Waals surface area contributed by atoms with E-state index < -0.39 is 78.8 Å². The van der Waals surface area contributed by atoms with Gasteiger partial charge >= 0.3 is 35.8 Å². The molecule has 3 rings (SSSR count). The normalized spacial score (nSPS) is 14.6. The predicted octanol–water partition coefficient (Wildman–Crippen LogP) is 3.99. The number of rotatable bonds is 17. The van der Waals surface area contributed by atoms with Crippen molar-refractivity contribution in [3.8, 4) is 5.75 Å². The fourth-order valence-corrected chi connectivity index (χ4v) is 5.14. The van der Waals surface area contributed by atoms with Crippen LogP contribution in [0.2, 0.25) is 0 Å². The summed E-state index contributed by atoms with van der Waals surface area (Å²) in [7, 11) is 1.56. The first kappa shape index (κ1) is 39.6. The largest absolute Gasteiger partial charge is 0.497 e.